The molecule has 4 heteroatoms. The van der Waals surface area contributed by atoms with Crippen molar-refractivity contribution in [2.24, 2.45) is 5.92 Å². The first-order chi connectivity index (χ1) is 7.15. The molecule has 1 aliphatic carbocycles. The van der Waals surface area contributed by atoms with Gasteiger partial charge in [0.25, 0.3) is 0 Å². The maximum absolute atomic E-state index is 12.7. The SMILES string of the molecule is OC1CC(COc2ccc(F)cc2Cl)C1. The summed E-state index contributed by atoms with van der Waals surface area (Å²) in [7, 11) is 0. The van der Waals surface area contributed by atoms with Crippen LogP contribution in [0.4, 0.5) is 4.39 Å². The molecule has 0 atom stereocenters. The van der Waals surface area contributed by atoms with Crippen LogP contribution in [0.1, 0.15) is 12.8 Å². The molecule has 0 unspecified atom stereocenters. The molecule has 0 heterocycles. The van der Waals surface area contributed by atoms with E-state index in [2.05, 4.69) is 0 Å². The summed E-state index contributed by atoms with van der Waals surface area (Å²) in [6.45, 7) is 0.530. The first-order valence-corrected chi connectivity index (χ1v) is 5.29. The lowest BCUT2D eigenvalue weighted by Crippen LogP contribution is -2.32. The lowest BCUT2D eigenvalue weighted by molar-refractivity contribution is 0.0203. The molecule has 0 aliphatic heterocycles. The van der Waals surface area contributed by atoms with Crippen molar-refractivity contribution in [2.75, 3.05) is 6.61 Å². The van der Waals surface area contributed by atoms with E-state index in [1.165, 1.54) is 18.2 Å². The Labute approximate surface area is 92.6 Å². The van der Waals surface area contributed by atoms with Crippen LogP contribution >= 0.6 is 11.6 Å². The van der Waals surface area contributed by atoms with Gasteiger partial charge in [0.05, 0.1) is 17.7 Å². The second-order valence-electron chi connectivity index (χ2n) is 3.88. The van der Waals surface area contributed by atoms with Crippen LogP contribution in [-0.2, 0) is 0 Å². The van der Waals surface area contributed by atoms with Gasteiger partial charge in [0.2, 0.25) is 0 Å². The van der Waals surface area contributed by atoms with Crippen LogP contribution in [0.3, 0.4) is 0 Å². The fraction of sp³-hybridized carbons (Fsp3) is 0.455. The molecule has 2 rings (SSSR count). The lowest BCUT2D eigenvalue weighted by atomic mass is 9.83. The second-order valence-corrected chi connectivity index (χ2v) is 4.28. The molecule has 1 N–H and O–H groups in total. The lowest BCUT2D eigenvalue weighted by Gasteiger charge is -2.31. The normalized spacial score (nSPS) is 24.7. The van der Waals surface area contributed by atoms with E-state index in [0.29, 0.717) is 18.3 Å². The Morgan fingerprint density at radius 1 is 1.47 bits per heavy atom. The zero-order chi connectivity index (χ0) is 10.8. The molecule has 0 radical (unpaired) electrons. The van der Waals surface area contributed by atoms with Gasteiger partial charge in [-0.3, -0.25) is 0 Å². The van der Waals surface area contributed by atoms with Crippen molar-refractivity contribution in [3.63, 3.8) is 0 Å². The van der Waals surface area contributed by atoms with E-state index in [1.54, 1.807) is 0 Å². The monoisotopic (exact) mass is 230 g/mol. The molecular weight excluding hydrogens is 219 g/mol. The van der Waals surface area contributed by atoms with E-state index in [0.717, 1.165) is 12.8 Å². The molecule has 0 amide bonds. The average molecular weight is 231 g/mol. The summed E-state index contributed by atoms with van der Waals surface area (Å²) in [5.74, 6) is 0.520. The summed E-state index contributed by atoms with van der Waals surface area (Å²) >= 11 is 5.79. The van der Waals surface area contributed by atoms with Crippen LogP contribution in [0.15, 0.2) is 18.2 Å². The zero-order valence-corrected chi connectivity index (χ0v) is 8.88. The molecule has 0 saturated heterocycles. The third-order valence-corrected chi connectivity index (χ3v) is 2.87. The summed E-state index contributed by atoms with van der Waals surface area (Å²) in [5, 5.41) is 9.36. The van der Waals surface area contributed by atoms with E-state index in [-0.39, 0.29) is 16.9 Å². The Kier molecular flexibility index (Phi) is 3.12. The highest BCUT2D eigenvalue weighted by Crippen LogP contribution is 2.30. The van der Waals surface area contributed by atoms with Gasteiger partial charge < -0.3 is 9.84 Å². The molecular formula is C11H12ClFO2. The molecule has 0 spiro atoms. The number of aliphatic hydroxyl groups excluding tert-OH is 1. The number of hydrogen-bond donors (Lipinski definition) is 1. The molecule has 0 aromatic heterocycles. The van der Waals surface area contributed by atoms with Crippen LogP contribution < -0.4 is 4.74 Å². The highest BCUT2D eigenvalue weighted by molar-refractivity contribution is 6.32. The number of benzene rings is 1. The Morgan fingerprint density at radius 2 is 2.20 bits per heavy atom. The first-order valence-electron chi connectivity index (χ1n) is 4.91. The fourth-order valence-electron chi connectivity index (χ4n) is 1.64. The Balaban J connectivity index is 1.88. The second kappa shape index (κ2) is 4.37. The minimum atomic E-state index is -0.369. The van der Waals surface area contributed by atoms with Gasteiger partial charge >= 0.3 is 0 Å². The van der Waals surface area contributed by atoms with E-state index in [9.17, 15) is 4.39 Å². The molecule has 1 aliphatic rings. The summed E-state index contributed by atoms with van der Waals surface area (Å²) in [6, 6.07) is 4.07. The molecule has 0 bridgehead atoms. The van der Waals surface area contributed by atoms with Crippen LogP contribution in [-0.4, -0.2) is 17.8 Å². The largest absolute Gasteiger partial charge is 0.492 e. The third kappa shape index (κ3) is 2.61. The summed E-state index contributed by atoms with van der Waals surface area (Å²) in [4.78, 5) is 0. The average Bonchev–Trinajstić information content (AvgIpc) is 2.13. The van der Waals surface area contributed by atoms with E-state index in [4.69, 9.17) is 21.4 Å². The van der Waals surface area contributed by atoms with Crippen LogP contribution in [0.25, 0.3) is 0 Å². The van der Waals surface area contributed by atoms with E-state index >= 15 is 0 Å². The number of aliphatic hydroxyl groups is 1. The van der Waals surface area contributed by atoms with Crippen LogP contribution in [0.5, 0.6) is 5.75 Å². The number of ether oxygens (including phenoxy) is 1. The topological polar surface area (TPSA) is 29.5 Å². The van der Waals surface area contributed by atoms with Crippen molar-refractivity contribution in [3.8, 4) is 5.75 Å². The smallest absolute Gasteiger partial charge is 0.138 e. The van der Waals surface area contributed by atoms with E-state index in [1.807, 2.05) is 0 Å². The molecule has 1 fully saturated rings. The van der Waals surface area contributed by atoms with Crippen LogP contribution in [0.2, 0.25) is 5.02 Å². The maximum Gasteiger partial charge on any atom is 0.138 e. The maximum atomic E-state index is 12.7. The summed E-state index contributed by atoms with van der Waals surface area (Å²) in [6.07, 6.45) is 1.37. The molecule has 1 aromatic rings. The molecule has 1 aromatic carbocycles. The van der Waals surface area contributed by atoms with Gasteiger partial charge in [0.1, 0.15) is 11.6 Å². The highest BCUT2D eigenvalue weighted by Gasteiger charge is 2.27. The van der Waals surface area contributed by atoms with Gasteiger partial charge in [-0.05, 0) is 37.0 Å². The predicted molar refractivity (Wildman–Crippen MR) is 55.6 cm³/mol. The zero-order valence-electron chi connectivity index (χ0n) is 8.12. The first kappa shape index (κ1) is 10.7. The van der Waals surface area contributed by atoms with Crippen LogP contribution in [0, 0.1) is 11.7 Å². The van der Waals surface area contributed by atoms with Gasteiger partial charge in [0.15, 0.2) is 0 Å². The minimum Gasteiger partial charge on any atom is -0.492 e. The van der Waals surface area contributed by atoms with Gasteiger partial charge in [0, 0.05) is 0 Å². The Bertz CT molecular complexity index is 350. The van der Waals surface area contributed by atoms with Crippen molar-refractivity contribution in [2.45, 2.75) is 18.9 Å². The molecule has 1 saturated carbocycles. The van der Waals surface area contributed by atoms with Crippen molar-refractivity contribution in [1.82, 2.24) is 0 Å². The van der Waals surface area contributed by atoms with Crippen molar-refractivity contribution < 1.29 is 14.2 Å². The molecule has 15 heavy (non-hydrogen) atoms. The standard InChI is InChI=1S/C11H12ClFO2/c12-10-5-8(13)1-2-11(10)15-6-7-3-9(14)4-7/h1-2,5,7,9,14H,3-4,6H2. The minimum absolute atomic E-state index is 0.178. The quantitative estimate of drug-likeness (QED) is 0.865. The number of rotatable bonds is 3. The van der Waals surface area contributed by atoms with Crippen molar-refractivity contribution >= 4 is 11.6 Å². The van der Waals surface area contributed by atoms with E-state index < -0.39 is 0 Å². The molecule has 82 valence electrons. The van der Waals surface area contributed by atoms with Crippen molar-refractivity contribution in [3.05, 3.63) is 29.0 Å². The Hall–Kier alpha value is -0.800. The van der Waals surface area contributed by atoms with Gasteiger partial charge in [-0.1, -0.05) is 11.6 Å². The van der Waals surface area contributed by atoms with Crippen molar-refractivity contribution in [1.29, 1.82) is 0 Å². The predicted octanol–water partition coefficient (Wildman–Crippen LogP) is 2.63. The molecule has 2 nitrogen and oxygen atoms in total. The summed E-state index contributed by atoms with van der Waals surface area (Å²) in [5.41, 5.74) is 0. The highest BCUT2D eigenvalue weighted by atomic mass is 35.5. The Morgan fingerprint density at radius 3 is 2.80 bits per heavy atom. The number of hydrogen-bond acceptors (Lipinski definition) is 2. The van der Waals surface area contributed by atoms with Gasteiger partial charge in [-0.25, -0.2) is 4.39 Å². The summed E-state index contributed by atoms with van der Waals surface area (Å²) < 4.78 is 18.1. The number of halogens is 2. The fourth-order valence-corrected chi connectivity index (χ4v) is 1.86. The van der Waals surface area contributed by atoms with Gasteiger partial charge in [-0.15, -0.1) is 0 Å². The third-order valence-electron chi connectivity index (χ3n) is 2.58. The van der Waals surface area contributed by atoms with Gasteiger partial charge in [-0.2, -0.15) is 0 Å².